The molecule has 0 atom stereocenters. The van der Waals surface area contributed by atoms with Crippen LogP contribution in [0.25, 0.3) is 11.1 Å². The van der Waals surface area contributed by atoms with Crippen LogP contribution in [0.15, 0.2) is 42.5 Å². The molecule has 0 saturated heterocycles. The van der Waals surface area contributed by atoms with Crippen LogP contribution in [0.5, 0.6) is 0 Å². The summed E-state index contributed by atoms with van der Waals surface area (Å²) >= 11 is 0. The monoisotopic (exact) mass is 312 g/mol. The number of carbonyl (C=O) groups is 1. The second kappa shape index (κ2) is 6.17. The van der Waals surface area contributed by atoms with Gasteiger partial charge in [-0.25, -0.2) is 9.18 Å². The molecule has 0 aliphatic carbocycles. The van der Waals surface area contributed by atoms with Crippen LogP contribution in [0.3, 0.4) is 0 Å². The highest BCUT2D eigenvalue weighted by molar-refractivity contribution is 5.91. The smallest absolute Gasteiger partial charge is 0.416 e. The zero-order valence-corrected chi connectivity index (χ0v) is 11.6. The van der Waals surface area contributed by atoms with Gasteiger partial charge in [0.2, 0.25) is 0 Å². The minimum absolute atomic E-state index is 0.0403. The molecule has 2 nitrogen and oxygen atoms in total. The van der Waals surface area contributed by atoms with Crippen molar-refractivity contribution in [1.29, 1.82) is 0 Å². The van der Waals surface area contributed by atoms with Crippen molar-refractivity contribution in [2.75, 3.05) is 6.61 Å². The fourth-order valence-electron chi connectivity index (χ4n) is 1.95. The third kappa shape index (κ3) is 3.44. The van der Waals surface area contributed by atoms with Crippen LogP contribution in [0.1, 0.15) is 22.8 Å². The number of esters is 1. The van der Waals surface area contributed by atoms with Gasteiger partial charge < -0.3 is 4.74 Å². The summed E-state index contributed by atoms with van der Waals surface area (Å²) in [6.45, 7) is 1.77. The fourth-order valence-corrected chi connectivity index (χ4v) is 1.95. The van der Waals surface area contributed by atoms with Crippen LogP contribution >= 0.6 is 0 Å². The topological polar surface area (TPSA) is 26.3 Å². The first kappa shape index (κ1) is 16.0. The summed E-state index contributed by atoms with van der Waals surface area (Å²) in [4.78, 5) is 11.6. The molecule has 0 spiro atoms. The average Bonchev–Trinajstić information content (AvgIpc) is 2.47. The van der Waals surface area contributed by atoms with Crippen molar-refractivity contribution in [2.24, 2.45) is 0 Å². The lowest BCUT2D eigenvalue weighted by Crippen LogP contribution is -2.06. The van der Waals surface area contributed by atoms with Crippen molar-refractivity contribution in [3.8, 4) is 11.1 Å². The zero-order valence-electron chi connectivity index (χ0n) is 11.6. The van der Waals surface area contributed by atoms with Gasteiger partial charge in [-0.2, -0.15) is 13.2 Å². The lowest BCUT2D eigenvalue weighted by Gasteiger charge is -2.10. The van der Waals surface area contributed by atoms with Gasteiger partial charge in [0.25, 0.3) is 0 Å². The average molecular weight is 312 g/mol. The number of carbonyl (C=O) groups excluding carboxylic acids is 1. The van der Waals surface area contributed by atoms with E-state index < -0.39 is 23.5 Å². The van der Waals surface area contributed by atoms with Gasteiger partial charge in [0, 0.05) is 5.56 Å². The number of benzene rings is 2. The molecule has 22 heavy (non-hydrogen) atoms. The maximum atomic E-state index is 13.9. The minimum atomic E-state index is -4.52. The van der Waals surface area contributed by atoms with E-state index in [9.17, 15) is 22.4 Å². The van der Waals surface area contributed by atoms with Gasteiger partial charge in [0.1, 0.15) is 5.82 Å². The van der Waals surface area contributed by atoms with E-state index in [4.69, 9.17) is 4.74 Å². The van der Waals surface area contributed by atoms with Crippen molar-refractivity contribution in [3.63, 3.8) is 0 Å². The van der Waals surface area contributed by atoms with Crippen LogP contribution in [0.2, 0.25) is 0 Å². The van der Waals surface area contributed by atoms with Gasteiger partial charge in [-0.05, 0) is 42.8 Å². The first-order valence-corrected chi connectivity index (χ1v) is 6.47. The summed E-state index contributed by atoms with van der Waals surface area (Å²) in [5, 5.41) is 0. The molecular weight excluding hydrogens is 300 g/mol. The van der Waals surface area contributed by atoms with E-state index in [0.29, 0.717) is 0 Å². The molecule has 116 valence electrons. The minimum Gasteiger partial charge on any atom is -0.462 e. The fraction of sp³-hybridized carbons (Fsp3) is 0.188. The molecule has 2 aromatic rings. The Morgan fingerprint density at radius 2 is 1.86 bits per heavy atom. The molecule has 2 aromatic carbocycles. The van der Waals surface area contributed by atoms with Crippen LogP contribution < -0.4 is 0 Å². The Morgan fingerprint density at radius 1 is 1.14 bits per heavy atom. The van der Waals surface area contributed by atoms with Crippen LogP contribution in [0.4, 0.5) is 17.6 Å². The lowest BCUT2D eigenvalue weighted by molar-refractivity contribution is -0.137. The second-order valence-electron chi connectivity index (χ2n) is 4.49. The van der Waals surface area contributed by atoms with Gasteiger partial charge in [-0.15, -0.1) is 0 Å². The normalized spacial score (nSPS) is 11.3. The molecule has 0 aromatic heterocycles. The van der Waals surface area contributed by atoms with Crippen molar-refractivity contribution in [1.82, 2.24) is 0 Å². The molecule has 0 aliphatic rings. The molecule has 2 rings (SSSR count). The molecule has 0 unspecified atom stereocenters. The molecule has 0 heterocycles. The summed E-state index contributed by atoms with van der Waals surface area (Å²) in [5.74, 6) is -1.37. The van der Waals surface area contributed by atoms with Crippen molar-refractivity contribution in [2.45, 2.75) is 13.1 Å². The highest BCUT2D eigenvalue weighted by Gasteiger charge is 2.30. The van der Waals surface area contributed by atoms with Gasteiger partial charge in [-0.1, -0.05) is 12.1 Å². The highest BCUT2D eigenvalue weighted by Crippen LogP contribution is 2.33. The van der Waals surface area contributed by atoms with E-state index in [1.807, 2.05) is 0 Å². The van der Waals surface area contributed by atoms with E-state index in [0.717, 1.165) is 18.2 Å². The third-order valence-electron chi connectivity index (χ3n) is 2.98. The number of alkyl halides is 3. The maximum Gasteiger partial charge on any atom is 0.416 e. The summed E-state index contributed by atoms with van der Waals surface area (Å²) in [6, 6.07) is 7.72. The van der Waals surface area contributed by atoms with E-state index in [1.165, 1.54) is 24.3 Å². The number of halogens is 4. The second-order valence-corrected chi connectivity index (χ2v) is 4.49. The van der Waals surface area contributed by atoms with E-state index in [2.05, 4.69) is 0 Å². The summed E-state index contributed by atoms with van der Waals surface area (Å²) < 4.78 is 56.9. The molecular formula is C16H12F4O2. The molecule has 0 radical (unpaired) electrons. The Kier molecular flexibility index (Phi) is 4.49. The van der Waals surface area contributed by atoms with Gasteiger partial charge in [-0.3, -0.25) is 0 Å². The number of ether oxygens (including phenoxy) is 1. The zero-order chi connectivity index (χ0) is 16.3. The molecule has 0 N–H and O–H groups in total. The Morgan fingerprint density at radius 3 is 2.50 bits per heavy atom. The Hall–Kier alpha value is -2.37. The van der Waals surface area contributed by atoms with E-state index >= 15 is 0 Å². The van der Waals surface area contributed by atoms with Crippen LogP contribution in [-0.4, -0.2) is 12.6 Å². The number of hydrogen-bond acceptors (Lipinski definition) is 2. The predicted octanol–water partition coefficient (Wildman–Crippen LogP) is 4.69. The molecule has 0 bridgehead atoms. The lowest BCUT2D eigenvalue weighted by atomic mass is 10.0. The SMILES string of the molecule is CCOC(=O)c1ccc(F)c(-c2cccc(C(F)(F)F)c2)c1. The first-order chi connectivity index (χ1) is 10.3. The van der Waals surface area contributed by atoms with E-state index in [1.54, 1.807) is 6.92 Å². The predicted molar refractivity (Wildman–Crippen MR) is 72.8 cm³/mol. The highest BCUT2D eigenvalue weighted by atomic mass is 19.4. The Balaban J connectivity index is 2.48. The van der Waals surface area contributed by atoms with E-state index in [-0.39, 0.29) is 23.3 Å². The number of hydrogen-bond donors (Lipinski definition) is 0. The largest absolute Gasteiger partial charge is 0.462 e. The van der Waals surface area contributed by atoms with Gasteiger partial charge in [0.05, 0.1) is 17.7 Å². The van der Waals surface area contributed by atoms with Gasteiger partial charge in [0.15, 0.2) is 0 Å². The Labute approximate surface area is 124 Å². The number of rotatable bonds is 3. The summed E-state index contributed by atoms with van der Waals surface area (Å²) in [6.07, 6.45) is -4.52. The third-order valence-corrected chi connectivity index (χ3v) is 2.98. The quantitative estimate of drug-likeness (QED) is 0.607. The standard InChI is InChI=1S/C16H12F4O2/c1-2-22-15(21)11-6-7-14(17)13(9-11)10-4-3-5-12(8-10)16(18,19)20/h3-9H,2H2,1H3. The van der Waals surface area contributed by atoms with Crippen LogP contribution in [-0.2, 0) is 10.9 Å². The van der Waals surface area contributed by atoms with Gasteiger partial charge >= 0.3 is 12.1 Å². The molecule has 0 amide bonds. The summed E-state index contributed by atoms with van der Waals surface area (Å²) in [7, 11) is 0. The first-order valence-electron chi connectivity index (χ1n) is 6.47. The summed E-state index contributed by atoms with van der Waals surface area (Å²) in [5.41, 5.74) is -0.850. The van der Waals surface area contributed by atoms with Crippen molar-refractivity contribution >= 4 is 5.97 Å². The van der Waals surface area contributed by atoms with Crippen LogP contribution in [0, 0.1) is 5.82 Å². The molecule has 6 heteroatoms. The Bertz CT molecular complexity index is 693. The molecule has 0 saturated carbocycles. The maximum absolute atomic E-state index is 13.9. The molecule has 0 fully saturated rings. The van der Waals surface area contributed by atoms with Crippen molar-refractivity contribution in [3.05, 3.63) is 59.4 Å². The molecule has 0 aliphatic heterocycles. The van der Waals surface area contributed by atoms with Crippen molar-refractivity contribution < 1.29 is 27.1 Å².